The van der Waals surface area contributed by atoms with Gasteiger partial charge in [-0.15, -0.1) is 11.3 Å². The van der Waals surface area contributed by atoms with E-state index in [-0.39, 0.29) is 0 Å². The number of fused-ring (bicyclic) bond motifs is 1. The maximum absolute atomic E-state index is 6.14. The Labute approximate surface area is 130 Å². The summed E-state index contributed by atoms with van der Waals surface area (Å²) in [5, 5.41) is 3.06. The average molecular weight is 352 g/mol. The van der Waals surface area contributed by atoms with Crippen LogP contribution in [0.15, 0.2) is 48.5 Å². The molecule has 0 aliphatic rings. The summed E-state index contributed by atoms with van der Waals surface area (Å²) in [6.07, 6.45) is 1.02. The second kappa shape index (κ2) is 5.66. The maximum Gasteiger partial charge on any atom is 0.0413 e. The highest BCUT2D eigenvalue weighted by atomic mass is 79.9. The van der Waals surface area contributed by atoms with Crippen LogP contribution < -0.4 is 0 Å². The van der Waals surface area contributed by atoms with E-state index in [4.69, 9.17) is 11.6 Å². The summed E-state index contributed by atoms with van der Waals surface area (Å²) in [6, 6.07) is 16.7. The van der Waals surface area contributed by atoms with Crippen LogP contribution in [0.1, 0.15) is 5.56 Å². The van der Waals surface area contributed by atoms with Crippen molar-refractivity contribution in [3.8, 4) is 10.4 Å². The number of rotatable bonds is 3. The predicted molar refractivity (Wildman–Crippen MR) is 89.8 cm³/mol. The van der Waals surface area contributed by atoms with E-state index in [0.29, 0.717) is 0 Å². The van der Waals surface area contributed by atoms with E-state index in [0.717, 1.165) is 16.8 Å². The first kappa shape index (κ1) is 13.2. The summed E-state index contributed by atoms with van der Waals surface area (Å²) in [6.45, 7) is 0. The fourth-order valence-corrected chi connectivity index (χ4v) is 4.09. The minimum Gasteiger partial charge on any atom is -0.135 e. The first-order valence-corrected chi connectivity index (χ1v) is 8.43. The molecule has 3 heteroatoms. The number of thiophene rings is 1. The van der Waals surface area contributed by atoms with Crippen LogP contribution in [0.3, 0.4) is 0 Å². The molecular formula is C16H12BrClS. The lowest BCUT2D eigenvalue weighted by atomic mass is 10.0. The number of hydrogen-bond donors (Lipinski definition) is 0. The van der Waals surface area contributed by atoms with Crippen molar-refractivity contribution in [3.63, 3.8) is 0 Å². The lowest BCUT2D eigenvalue weighted by Gasteiger charge is -2.03. The van der Waals surface area contributed by atoms with Gasteiger partial charge in [-0.05, 0) is 41.1 Å². The molecule has 0 nitrogen and oxygen atoms in total. The molecule has 0 aliphatic heterocycles. The van der Waals surface area contributed by atoms with Gasteiger partial charge in [0, 0.05) is 19.9 Å². The van der Waals surface area contributed by atoms with Gasteiger partial charge in [-0.3, -0.25) is 0 Å². The number of hydrogen-bond acceptors (Lipinski definition) is 1. The Balaban J connectivity index is 2.26. The third-order valence-corrected chi connectivity index (χ3v) is 5.03. The van der Waals surface area contributed by atoms with E-state index in [1.165, 1.54) is 26.1 Å². The molecular weight excluding hydrogens is 340 g/mol. The van der Waals surface area contributed by atoms with E-state index in [1.54, 1.807) is 0 Å². The molecule has 0 unspecified atom stereocenters. The zero-order valence-electron chi connectivity index (χ0n) is 10.2. The number of halogens is 2. The molecule has 0 radical (unpaired) electrons. The van der Waals surface area contributed by atoms with E-state index in [1.807, 2.05) is 17.4 Å². The smallest absolute Gasteiger partial charge is 0.0413 e. The van der Waals surface area contributed by atoms with Crippen molar-refractivity contribution in [1.82, 2.24) is 0 Å². The van der Waals surface area contributed by atoms with Crippen LogP contribution in [-0.2, 0) is 6.42 Å². The molecule has 0 fully saturated rings. The van der Waals surface area contributed by atoms with Crippen LogP contribution in [-0.4, -0.2) is 5.33 Å². The summed E-state index contributed by atoms with van der Waals surface area (Å²) >= 11 is 11.5. The predicted octanol–water partition coefficient (Wildman–Crippen LogP) is 6.16. The molecule has 0 aliphatic carbocycles. The van der Waals surface area contributed by atoms with Gasteiger partial charge < -0.3 is 0 Å². The Hall–Kier alpha value is -0.830. The van der Waals surface area contributed by atoms with Gasteiger partial charge in [0.05, 0.1) is 0 Å². The molecule has 0 N–H and O–H groups in total. The van der Waals surface area contributed by atoms with Gasteiger partial charge in [0.2, 0.25) is 0 Å². The largest absolute Gasteiger partial charge is 0.135 e. The molecule has 3 rings (SSSR count). The van der Waals surface area contributed by atoms with Crippen LogP contribution in [0, 0.1) is 0 Å². The van der Waals surface area contributed by atoms with Gasteiger partial charge in [-0.1, -0.05) is 57.9 Å². The quantitative estimate of drug-likeness (QED) is 0.496. The SMILES string of the molecule is Clc1ccc2sc(-c3ccccc3)c(CCBr)c2c1. The van der Waals surface area contributed by atoms with Crippen LogP contribution in [0.4, 0.5) is 0 Å². The molecule has 0 bridgehead atoms. The number of benzene rings is 2. The van der Waals surface area contributed by atoms with Crippen LogP contribution in [0.2, 0.25) is 5.02 Å². The Morgan fingerprint density at radius 2 is 1.84 bits per heavy atom. The minimum absolute atomic E-state index is 0.806. The zero-order valence-corrected chi connectivity index (χ0v) is 13.4. The lowest BCUT2D eigenvalue weighted by molar-refractivity contribution is 1.20. The molecule has 0 saturated carbocycles. The zero-order chi connectivity index (χ0) is 13.2. The molecule has 96 valence electrons. The molecule has 0 saturated heterocycles. The number of aryl methyl sites for hydroxylation is 1. The Bertz CT molecular complexity index is 703. The lowest BCUT2D eigenvalue weighted by Crippen LogP contribution is -1.87. The Kier molecular flexibility index (Phi) is 3.92. The van der Waals surface area contributed by atoms with Crippen molar-refractivity contribution in [2.24, 2.45) is 0 Å². The molecule has 0 atom stereocenters. The highest BCUT2D eigenvalue weighted by molar-refractivity contribution is 9.09. The van der Waals surface area contributed by atoms with Crippen LogP contribution >= 0.6 is 38.9 Å². The fourth-order valence-electron chi connectivity index (χ4n) is 2.29. The summed E-state index contributed by atoms with van der Waals surface area (Å²) in [5.41, 5.74) is 2.68. The highest BCUT2D eigenvalue weighted by Gasteiger charge is 2.13. The molecule has 19 heavy (non-hydrogen) atoms. The van der Waals surface area contributed by atoms with Crippen molar-refractivity contribution < 1.29 is 0 Å². The van der Waals surface area contributed by atoms with Gasteiger partial charge in [0.1, 0.15) is 0 Å². The van der Waals surface area contributed by atoms with Crippen molar-refractivity contribution in [2.45, 2.75) is 6.42 Å². The van der Waals surface area contributed by atoms with Crippen molar-refractivity contribution in [1.29, 1.82) is 0 Å². The second-order valence-electron chi connectivity index (χ2n) is 4.36. The van der Waals surface area contributed by atoms with Crippen molar-refractivity contribution in [3.05, 3.63) is 59.1 Å². The van der Waals surface area contributed by atoms with Gasteiger partial charge in [-0.2, -0.15) is 0 Å². The van der Waals surface area contributed by atoms with Gasteiger partial charge >= 0.3 is 0 Å². The van der Waals surface area contributed by atoms with Crippen molar-refractivity contribution >= 4 is 49.0 Å². The summed E-state index contributed by atoms with van der Waals surface area (Å²) < 4.78 is 1.30. The Morgan fingerprint density at radius 3 is 2.58 bits per heavy atom. The summed E-state index contributed by atoms with van der Waals surface area (Å²) in [4.78, 5) is 1.36. The van der Waals surface area contributed by atoms with Crippen molar-refractivity contribution in [2.75, 3.05) is 5.33 Å². The van der Waals surface area contributed by atoms with Crippen LogP contribution in [0.25, 0.3) is 20.5 Å². The molecule has 0 amide bonds. The average Bonchev–Trinajstić information content (AvgIpc) is 2.79. The first-order chi connectivity index (χ1) is 9.29. The second-order valence-corrected chi connectivity index (χ2v) is 6.64. The van der Waals surface area contributed by atoms with Crippen LogP contribution in [0.5, 0.6) is 0 Å². The number of alkyl halides is 1. The first-order valence-electron chi connectivity index (χ1n) is 6.12. The highest BCUT2D eigenvalue weighted by Crippen LogP contribution is 2.40. The van der Waals surface area contributed by atoms with Gasteiger partial charge in [0.25, 0.3) is 0 Å². The Morgan fingerprint density at radius 1 is 1.05 bits per heavy atom. The van der Waals surface area contributed by atoms with E-state index < -0.39 is 0 Å². The third kappa shape index (κ3) is 2.58. The third-order valence-electron chi connectivity index (χ3n) is 3.13. The summed E-state index contributed by atoms with van der Waals surface area (Å²) in [5.74, 6) is 0. The monoisotopic (exact) mass is 350 g/mol. The van der Waals surface area contributed by atoms with E-state index in [2.05, 4.69) is 58.4 Å². The van der Waals surface area contributed by atoms with Gasteiger partial charge in [-0.25, -0.2) is 0 Å². The molecule has 3 aromatic rings. The van der Waals surface area contributed by atoms with E-state index in [9.17, 15) is 0 Å². The van der Waals surface area contributed by atoms with Gasteiger partial charge in [0.15, 0.2) is 0 Å². The molecule has 1 aromatic heterocycles. The molecule has 2 aromatic carbocycles. The summed E-state index contributed by atoms with van der Waals surface area (Å²) in [7, 11) is 0. The minimum atomic E-state index is 0.806. The van der Waals surface area contributed by atoms with E-state index >= 15 is 0 Å². The fraction of sp³-hybridized carbons (Fsp3) is 0.125. The molecule has 1 heterocycles. The standard InChI is InChI=1S/C16H12BrClS/c17-9-8-13-14-10-12(18)6-7-15(14)19-16(13)11-4-2-1-3-5-11/h1-7,10H,8-9H2. The normalized spacial score (nSPS) is 11.1. The molecule has 0 spiro atoms. The topological polar surface area (TPSA) is 0 Å². The maximum atomic E-state index is 6.14.